The molecule has 4 heterocycles. The van der Waals surface area contributed by atoms with Crippen molar-refractivity contribution in [1.29, 1.82) is 0 Å². The number of rotatable bonds is 4. The van der Waals surface area contributed by atoms with E-state index in [9.17, 15) is 13.2 Å². The third kappa shape index (κ3) is 6.76. The number of nitrogens with zero attached hydrogens (tertiary/aromatic N) is 6. The summed E-state index contributed by atoms with van der Waals surface area (Å²) in [4.78, 5) is 19.0. The highest BCUT2D eigenvalue weighted by atomic mass is 35.5. The summed E-state index contributed by atoms with van der Waals surface area (Å²) in [5.74, 6) is -0.848. The molecule has 5 rings (SSSR count). The number of hydrogen-bond donors (Lipinski definition) is 1. The molecular weight excluding hydrogens is 562 g/mol. The lowest BCUT2D eigenvalue weighted by molar-refractivity contribution is -0.137. The molecule has 2 aliphatic heterocycles. The summed E-state index contributed by atoms with van der Waals surface area (Å²) in [7, 11) is 3.51. The number of aryl methyl sites for hydroxylation is 1. The van der Waals surface area contributed by atoms with Gasteiger partial charge in [-0.1, -0.05) is 11.6 Å². The molecule has 0 atom stereocenters. The number of aromatic nitrogens is 3. The molecule has 2 N–H and O–H groups in total. The number of nitrogens with two attached hydrogens (primary N) is 1. The van der Waals surface area contributed by atoms with Crippen LogP contribution in [-0.4, -0.2) is 84.2 Å². The van der Waals surface area contributed by atoms with Crippen LogP contribution in [-0.2, 0) is 6.18 Å². The fourth-order valence-electron chi connectivity index (χ4n) is 5.27. The van der Waals surface area contributed by atoms with Crippen LogP contribution < -0.4 is 15.4 Å². The molecule has 2 fully saturated rings. The van der Waals surface area contributed by atoms with Crippen molar-refractivity contribution in [2.24, 2.45) is 0 Å². The highest BCUT2D eigenvalue weighted by Gasteiger charge is 2.38. The molecule has 2 aliphatic rings. The molecule has 3 aromatic rings. The predicted molar refractivity (Wildman–Crippen MR) is 154 cm³/mol. The topological polar surface area (TPSA) is 83.6 Å². The number of benzene rings is 1. The van der Waals surface area contributed by atoms with Gasteiger partial charge >= 0.3 is 12.2 Å². The Bertz CT molecular complexity index is 1390. The normalized spacial score (nSPS) is 16.8. The van der Waals surface area contributed by atoms with E-state index in [0.717, 1.165) is 19.2 Å². The van der Waals surface area contributed by atoms with Crippen LogP contribution in [0.2, 0.25) is 5.02 Å². The zero-order chi connectivity index (χ0) is 30.1. The largest absolute Gasteiger partial charge is 0.467 e. The Hall–Kier alpha value is -2.96. The van der Waals surface area contributed by atoms with Gasteiger partial charge in [0.25, 0.3) is 0 Å². The maximum absolute atomic E-state index is 16.0. The molecule has 8 nitrogen and oxygen atoms in total. The fourth-order valence-corrected chi connectivity index (χ4v) is 5.55. The lowest BCUT2D eigenvalue weighted by atomic mass is 9.99. The van der Waals surface area contributed by atoms with Crippen molar-refractivity contribution in [2.45, 2.75) is 45.8 Å². The van der Waals surface area contributed by atoms with Crippen LogP contribution in [0.1, 0.15) is 37.8 Å². The van der Waals surface area contributed by atoms with Gasteiger partial charge in [-0.3, -0.25) is 4.90 Å². The van der Waals surface area contributed by atoms with Gasteiger partial charge in [0.05, 0.1) is 29.0 Å². The molecule has 2 saturated heterocycles. The Labute approximate surface area is 242 Å². The zero-order valence-electron chi connectivity index (χ0n) is 23.9. The lowest BCUT2D eigenvalue weighted by Crippen LogP contribution is -2.49. The summed E-state index contributed by atoms with van der Waals surface area (Å²) in [5.41, 5.74) is 2.98. The van der Waals surface area contributed by atoms with E-state index in [1.165, 1.54) is 46.0 Å². The monoisotopic (exact) mass is 597 g/mol. The van der Waals surface area contributed by atoms with Crippen LogP contribution in [0, 0.1) is 12.7 Å². The Morgan fingerprint density at radius 3 is 2.15 bits per heavy atom. The molecule has 0 amide bonds. The van der Waals surface area contributed by atoms with Gasteiger partial charge in [-0.25, -0.2) is 9.37 Å². The number of hydrogen-bond acceptors (Lipinski definition) is 8. The number of halogens is 5. The zero-order valence-corrected chi connectivity index (χ0v) is 24.7. The van der Waals surface area contributed by atoms with Gasteiger partial charge in [0.15, 0.2) is 5.82 Å². The van der Waals surface area contributed by atoms with Crippen molar-refractivity contribution in [3.05, 3.63) is 34.1 Å². The molecule has 2 aromatic heterocycles. The smallest absolute Gasteiger partial charge is 0.418 e. The number of fused-ring (bicyclic) bond motifs is 1. The third-order valence-corrected chi connectivity index (χ3v) is 7.75. The molecule has 0 spiro atoms. The van der Waals surface area contributed by atoms with Crippen LogP contribution in [0.25, 0.3) is 22.2 Å². The first-order chi connectivity index (χ1) is 19.3. The minimum absolute atomic E-state index is 0.112. The number of nitrogen functional groups attached to an aromatic ring is 1. The molecular formula is C28H36ClF4N7O. The van der Waals surface area contributed by atoms with Crippen molar-refractivity contribution < 1.29 is 22.3 Å². The van der Waals surface area contributed by atoms with E-state index in [4.69, 9.17) is 22.1 Å². The fraction of sp³-hybridized carbons (Fsp3) is 0.536. The lowest BCUT2D eigenvalue weighted by Gasteiger charge is -2.37. The second-order valence-electron chi connectivity index (χ2n) is 10.7. The Balaban J connectivity index is 0.000000572. The van der Waals surface area contributed by atoms with Gasteiger partial charge in [-0.05, 0) is 71.4 Å². The molecule has 0 aliphatic carbocycles. The third-order valence-electron chi connectivity index (χ3n) is 7.46. The van der Waals surface area contributed by atoms with Crippen LogP contribution in [0.4, 0.5) is 29.2 Å². The number of piperazine rings is 1. The molecule has 224 valence electrons. The summed E-state index contributed by atoms with van der Waals surface area (Å²) in [6, 6.07) is 2.72. The van der Waals surface area contributed by atoms with Gasteiger partial charge in [0.2, 0.25) is 0 Å². The van der Waals surface area contributed by atoms with Crippen LogP contribution in [0.5, 0.6) is 6.01 Å². The SMILES string of the molecule is CN1CCCC1.COc1nc(N2CCN(C(C)C)CC2)c2cc(Cl)c(-c3nc(N)cc(C)c3C(F)(F)F)c(F)c2n1. The number of ether oxygens (including phenoxy) is 1. The van der Waals surface area contributed by atoms with Crippen LogP contribution >= 0.6 is 11.6 Å². The van der Waals surface area contributed by atoms with E-state index in [1.807, 2.05) is 4.90 Å². The van der Waals surface area contributed by atoms with Crippen molar-refractivity contribution in [1.82, 2.24) is 24.8 Å². The second kappa shape index (κ2) is 12.5. The summed E-state index contributed by atoms with van der Waals surface area (Å²) in [6.07, 6.45) is -1.98. The average molecular weight is 598 g/mol. The quantitative estimate of drug-likeness (QED) is 0.387. The molecule has 0 unspecified atom stereocenters. The number of pyridine rings is 1. The van der Waals surface area contributed by atoms with Gasteiger partial charge in [-0.2, -0.15) is 23.1 Å². The molecule has 0 saturated carbocycles. The van der Waals surface area contributed by atoms with Crippen molar-refractivity contribution in [3.8, 4) is 17.3 Å². The van der Waals surface area contributed by atoms with Crippen molar-refractivity contribution in [3.63, 3.8) is 0 Å². The molecule has 1 aromatic carbocycles. The number of anilines is 2. The maximum atomic E-state index is 16.0. The summed E-state index contributed by atoms with van der Waals surface area (Å²) in [6.45, 7) is 10.8. The number of methoxy groups -OCH3 is 1. The van der Waals surface area contributed by atoms with Gasteiger partial charge in [0, 0.05) is 37.6 Å². The minimum atomic E-state index is -4.81. The van der Waals surface area contributed by atoms with Gasteiger partial charge < -0.3 is 20.3 Å². The molecule has 13 heteroatoms. The summed E-state index contributed by atoms with van der Waals surface area (Å²) < 4.78 is 62.9. The molecule has 41 heavy (non-hydrogen) atoms. The molecule has 0 bridgehead atoms. The number of likely N-dealkylation sites (tertiary alicyclic amines) is 1. The standard InChI is InChI=1S/C23H25ClF4N6O.C5H11N/c1-11(2)33-5-7-34(8-6-33)21-13-10-14(24)16(18(25)19(13)31-22(32-21)35-4)20-17(23(26,27)28)12(3)9-15(29)30-20;1-6-4-2-3-5-6/h9-11H,5-8H2,1-4H3,(H2,29,30);2-5H2,1H3. The first kappa shape index (κ1) is 31.0. The van der Waals surface area contributed by atoms with E-state index in [2.05, 4.69) is 45.6 Å². The summed E-state index contributed by atoms with van der Waals surface area (Å²) >= 11 is 6.42. The van der Waals surface area contributed by atoms with Crippen molar-refractivity contribution in [2.75, 3.05) is 64.1 Å². The van der Waals surface area contributed by atoms with Gasteiger partial charge in [-0.15, -0.1) is 0 Å². The highest BCUT2D eigenvalue weighted by molar-refractivity contribution is 6.34. The van der Waals surface area contributed by atoms with E-state index >= 15 is 4.39 Å². The van der Waals surface area contributed by atoms with E-state index < -0.39 is 28.8 Å². The van der Waals surface area contributed by atoms with E-state index in [0.29, 0.717) is 24.9 Å². The van der Waals surface area contributed by atoms with E-state index in [1.54, 1.807) is 0 Å². The van der Waals surface area contributed by atoms with Crippen molar-refractivity contribution >= 4 is 34.1 Å². The highest BCUT2D eigenvalue weighted by Crippen LogP contribution is 2.44. The maximum Gasteiger partial charge on any atom is 0.418 e. The Morgan fingerprint density at radius 1 is 1.00 bits per heavy atom. The summed E-state index contributed by atoms with van der Waals surface area (Å²) in [5, 5.41) is 0.0121. The van der Waals surface area contributed by atoms with Crippen LogP contribution in [0.15, 0.2) is 12.1 Å². The Morgan fingerprint density at radius 2 is 1.63 bits per heavy atom. The van der Waals surface area contributed by atoms with E-state index in [-0.39, 0.29) is 33.3 Å². The minimum Gasteiger partial charge on any atom is -0.467 e. The first-order valence-corrected chi connectivity index (χ1v) is 14.0. The van der Waals surface area contributed by atoms with Crippen LogP contribution in [0.3, 0.4) is 0 Å². The van der Waals surface area contributed by atoms with Gasteiger partial charge in [0.1, 0.15) is 17.2 Å². The Kier molecular flexibility index (Phi) is 9.45. The predicted octanol–water partition coefficient (Wildman–Crippen LogP) is 5.64. The first-order valence-electron chi connectivity index (χ1n) is 13.6. The average Bonchev–Trinajstić information content (AvgIpc) is 3.38. The number of alkyl halides is 3. The second-order valence-corrected chi connectivity index (χ2v) is 11.1. The molecule has 0 radical (unpaired) electrons.